The van der Waals surface area contributed by atoms with E-state index in [0.717, 1.165) is 19.4 Å². The molecule has 1 aromatic rings. The fourth-order valence-corrected chi connectivity index (χ4v) is 1.97. The molecule has 18 heavy (non-hydrogen) atoms. The topological polar surface area (TPSA) is 51.5 Å². The van der Waals surface area contributed by atoms with Crippen LogP contribution in [0.25, 0.3) is 0 Å². The van der Waals surface area contributed by atoms with Crippen molar-refractivity contribution in [3.8, 4) is 17.6 Å². The largest absolute Gasteiger partial charge is 0.497 e. The lowest BCUT2D eigenvalue weighted by molar-refractivity contribution is -0.0111. The van der Waals surface area contributed by atoms with Crippen molar-refractivity contribution >= 4 is 0 Å². The van der Waals surface area contributed by atoms with Crippen LogP contribution >= 0.6 is 0 Å². The lowest BCUT2D eigenvalue weighted by atomic mass is 10.1. The molecular formula is C14H17NO3. The van der Waals surface area contributed by atoms with Crippen molar-refractivity contribution in [2.24, 2.45) is 0 Å². The zero-order chi connectivity index (χ0) is 12.8. The van der Waals surface area contributed by atoms with Gasteiger partial charge in [-0.25, -0.2) is 0 Å². The molecule has 2 rings (SSSR count). The average Bonchev–Trinajstić information content (AvgIpc) is 2.45. The van der Waals surface area contributed by atoms with Gasteiger partial charge >= 0.3 is 0 Å². The van der Waals surface area contributed by atoms with Gasteiger partial charge in [-0.05, 0) is 31.4 Å². The Balaban J connectivity index is 1.97. The zero-order valence-corrected chi connectivity index (χ0v) is 10.5. The van der Waals surface area contributed by atoms with E-state index in [1.807, 2.05) is 0 Å². The summed E-state index contributed by atoms with van der Waals surface area (Å²) >= 11 is 0. The lowest BCUT2D eigenvalue weighted by Gasteiger charge is -2.22. The normalized spacial score (nSPS) is 19.0. The highest BCUT2D eigenvalue weighted by atomic mass is 16.5. The van der Waals surface area contributed by atoms with Gasteiger partial charge in [-0.2, -0.15) is 5.26 Å². The molecular weight excluding hydrogens is 230 g/mol. The molecule has 1 saturated heterocycles. The summed E-state index contributed by atoms with van der Waals surface area (Å²) in [6, 6.07) is 7.27. The van der Waals surface area contributed by atoms with Crippen LogP contribution in [0.3, 0.4) is 0 Å². The van der Waals surface area contributed by atoms with Gasteiger partial charge < -0.3 is 14.2 Å². The highest BCUT2D eigenvalue weighted by Crippen LogP contribution is 2.23. The van der Waals surface area contributed by atoms with Crippen LogP contribution in [0.4, 0.5) is 0 Å². The number of rotatable bonds is 4. The van der Waals surface area contributed by atoms with Crippen molar-refractivity contribution in [2.75, 3.05) is 20.3 Å². The first kappa shape index (κ1) is 12.7. The Morgan fingerprint density at radius 2 is 2.17 bits per heavy atom. The van der Waals surface area contributed by atoms with E-state index in [1.165, 1.54) is 6.42 Å². The standard InChI is InChI=1S/C14H17NO3/c1-16-13-6-11(9-15)7-14(8-13)18-10-12-4-2-3-5-17-12/h6-8,12H,2-5,10H2,1H3. The van der Waals surface area contributed by atoms with Gasteiger partial charge in [0.1, 0.15) is 18.1 Å². The molecule has 0 amide bonds. The highest BCUT2D eigenvalue weighted by Gasteiger charge is 2.14. The molecule has 0 radical (unpaired) electrons. The summed E-state index contributed by atoms with van der Waals surface area (Å²) < 4.78 is 16.4. The summed E-state index contributed by atoms with van der Waals surface area (Å²) in [6.07, 6.45) is 3.52. The summed E-state index contributed by atoms with van der Waals surface area (Å²) in [7, 11) is 1.57. The molecule has 0 saturated carbocycles. The van der Waals surface area contributed by atoms with Crippen LogP contribution < -0.4 is 9.47 Å². The second-order valence-electron chi connectivity index (χ2n) is 4.31. The molecule has 1 aromatic carbocycles. The van der Waals surface area contributed by atoms with E-state index in [-0.39, 0.29) is 6.10 Å². The number of nitrogens with zero attached hydrogens (tertiary/aromatic N) is 1. The fraction of sp³-hybridized carbons (Fsp3) is 0.500. The Kier molecular flexibility index (Phi) is 4.43. The van der Waals surface area contributed by atoms with Gasteiger partial charge in [-0.3, -0.25) is 0 Å². The van der Waals surface area contributed by atoms with Crippen molar-refractivity contribution in [2.45, 2.75) is 25.4 Å². The second kappa shape index (κ2) is 6.27. The summed E-state index contributed by atoms with van der Waals surface area (Å²) in [5, 5.41) is 8.91. The Hall–Kier alpha value is -1.73. The molecule has 1 aliphatic rings. The second-order valence-corrected chi connectivity index (χ2v) is 4.31. The fourth-order valence-electron chi connectivity index (χ4n) is 1.97. The predicted molar refractivity (Wildman–Crippen MR) is 66.8 cm³/mol. The zero-order valence-electron chi connectivity index (χ0n) is 10.5. The summed E-state index contributed by atoms with van der Waals surface area (Å²) in [5.41, 5.74) is 0.536. The minimum Gasteiger partial charge on any atom is -0.497 e. The highest BCUT2D eigenvalue weighted by molar-refractivity contribution is 5.43. The molecule has 1 aliphatic heterocycles. The SMILES string of the molecule is COc1cc(C#N)cc(OCC2CCCCO2)c1. The predicted octanol–water partition coefficient (Wildman–Crippen LogP) is 2.51. The third-order valence-electron chi connectivity index (χ3n) is 2.95. The maximum atomic E-state index is 8.91. The minimum atomic E-state index is 0.162. The van der Waals surface area contributed by atoms with Crippen LogP contribution in [0.2, 0.25) is 0 Å². The molecule has 1 atom stereocenters. The molecule has 0 bridgehead atoms. The van der Waals surface area contributed by atoms with E-state index in [0.29, 0.717) is 23.7 Å². The number of hydrogen-bond acceptors (Lipinski definition) is 4. The van der Waals surface area contributed by atoms with Crippen molar-refractivity contribution < 1.29 is 14.2 Å². The van der Waals surface area contributed by atoms with E-state index >= 15 is 0 Å². The Morgan fingerprint density at radius 1 is 1.33 bits per heavy atom. The monoisotopic (exact) mass is 247 g/mol. The van der Waals surface area contributed by atoms with Crippen LogP contribution in [0.5, 0.6) is 11.5 Å². The van der Waals surface area contributed by atoms with Crippen LogP contribution in [0, 0.1) is 11.3 Å². The van der Waals surface area contributed by atoms with E-state index in [1.54, 1.807) is 25.3 Å². The van der Waals surface area contributed by atoms with Gasteiger partial charge in [0.25, 0.3) is 0 Å². The Labute approximate surface area is 107 Å². The van der Waals surface area contributed by atoms with Gasteiger partial charge in [-0.15, -0.1) is 0 Å². The van der Waals surface area contributed by atoms with Crippen LogP contribution in [-0.4, -0.2) is 26.4 Å². The van der Waals surface area contributed by atoms with Crippen LogP contribution in [-0.2, 0) is 4.74 Å². The van der Waals surface area contributed by atoms with E-state index < -0.39 is 0 Å². The first-order valence-corrected chi connectivity index (χ1v) is 6.15. The molecule has 4 nitrogen and oxygen atoms in total. The summed E-state index contributed by atoms with van der Waals surface area (Å²) in [4.78, 5) is 0. The van der Waals surface area contributed by atoms with Crippen molar-refractivity contribution in [1.29, 1.82) is 5.26 Å². The molecule has 0 aliphatic carbocycles. The third kappa shape index (κ3) is 3.38. The van der Waals surface area contributed by atoms with Gasteiger partial charge in [-0.1, -0.05) is 0 Å². The molecule has 96 valence electrons. The first-order chi connectivity index (χ1) is 8.81. The van der Waals surface area contributed by atoms with Crippen LogP contribution in [0.1, 0.15) is 24.8 Å². The summed E-state index contributed by atoms with van der Waals surface area (Å²) in [6.45, 7) is 1.34. The molecule has 0 aromatic heterocycles. The number of nitriles is 1. The third-order valence-corrected chi connectivity index (χ3v) is 2.95. The summed E-state index contributed by atoms with van der Waals surface area (Å²) in [5.74, 6) is 1.29. The molecule has 1 unspecified atom stereocenters. The van der Waals surface area contributed by atoms with E-state index in [2.05, 4.69) is 6.07 Å². The smallest absolute Gasteiger partial charge is 0.124 e. The van der Waals surface area contributed by atoms with Gasteiger partial charge in [0.2, 0.25) is 0 Å². The minimum absolute atomic E-state index is 0.162. The molecule has 1 fully saturated rings. The Morgan fingerprint density at radius 3 is 2.83 bits per heavy atom. The van der Waals surface area contributed by atoms with Gasteiger partial charge in [0.05, 0.1) is 24.8 Å². The van der Waals surface area contributed by atoms with Crippen LogP contribution in [0.15, 0.2) is 18.2 Å². The number of benzene rings is 1. The average molecular weight is 247 g/mol. The molecule has 4 heteroatoms. The van der Waals surface area contributed by atoms with Crippen molar-refractivity contribution in [1.82, 2.24) is 0 Å². The van der Waals surface area contributed by atoms with E-state index in [9.17, 15) is 0 Å². The lowest BCUT2D eigenvalue weighted by Crippen LogP contribution is -2.25. The molecule has 1 heterocycles. The number of methoxy groups -OCH3 is 1. The van der Waals surface area contributed by atoms with Crippen molar-refractivity contribution in [3.05, 3.63) is 23.8 Å². The van der Waals surface area contributed by atoms with Crippen molar-refractivity contribution in [3.63, 3.8) is 0 Å². The quantitative estimate of drug-likeness (QED) is 0.820. The van der Waals surface area contributed by atoms with Gasteiger partial charge in [0.15, 0.2) is 0 Å². The van der Waals surface area contributed by atoms with E-state index in [4.69, 9.17) is 19.5 Å². The van der Waals surface area contributed by atoms with Gasteiger partial charge in [0, 0.05) is 12.7 Å². The molecule has 0 N–H and O–H groups in total. The number of hydrogen-bond donors (Lipinski definition) is 0. The first-order valence-electron chi connectivity index (χ1n) is 6.15. The molecule has 0 spiro atoms. The maximum absolute atomic E-state index is 8.91. The maximum Gasteiger partial charge on any atom is 0.124 e. The Bertz CT molecular complexity index is 433. The number of ether oxygens (including phenoxy) is 3.